The van der Waals surface area contributed by atoms with Crippen LogP contribution >= 0.6 is 11.6 Å². The van der Waals surface area contributed by atoms with Crippen LogP contribution in [0, 0.1) is 6.92 Å². The van der Waals surface area contributed by atoms with Gasteiger partial charge in [-0.3, -0.25) is 4.79 Å². The number of nitrogens with zero attached hydrogens (tertiary/aromatic N) is 3. The van der Waals surface area contributed by atoms with Crippen LogP contribution in [0.4, 0.5) is 0 Å². The number of amides is 1. The maximum absolute atomic E-state index is 12.8. The minimum absolute atomic E-state index is 0.00243. The molecule has 2 aromatic carbocycles. The summed E-state index contributed by atoms with van der Waals surface area (Å²) in [5.41, 5.74) is 2.94. The van der Waals surface area contributed by atoms with Gasteiger partial charge in [-0.05, 0) is 44.5 Å². The molecule has 3 rings (SSSR count). The zero-order chi connectivity index (χ0) is 19.4. The molecule has 1 heterocycles. The van der Waals surface area contributed by atoms with E-state index in [1.807, 2.05) is 57.2 Å². The van der Waals surface area contributed by atoms with Gasteiger partial charge in [-0.2, -0.15) is 4.98 Å². The lowest BCUT2D eigenvalue weighted by Crippen LogP contribution is -2.37. The van der Waals surface area contributed by atoms with Gasteiger partial charge < -0.3 is 9.42 Å². The van der Waals surface area contributed by atoms with E-state index in [1.165, 1.54) is 0 Å². The number of carbonyl (C=O) groups excluding carboxylic acids is 1. The topological polar surface area (TPSA) is 59.2 Å². The van der Waals surface area contributed by atoms with Gasteiger partial charge in [0.15, 0.2) is 0 Å². The normalized spacial score (nSPS) is 11.0. The smallest absolute Gasteiger partial charge is 0.246 e. The molecule has 0 bridgehead atoms. The molecule has 0 N–H and O–H groups in total. The predicted molar refractivity (Wildman–Crippen MR) is 105 cm³/mol. The number of halogens is 1. The van der Waals surface area contributed by atoms with Gasteiger partial charge in [0.2, 0.25) is 17.6 Å². The highest BCUT2D eigenvalue weighted by Crippen LogP contribution is 2.19. The third kappa shape index (κ3) is 4.95. The number of carbonyl (C=O) groups is 1. The summed E-state index contributed by atoms with van der Waals surface area (Å²) in [4.78, 5) is 19.0. The SMILES string of the molecule is Cc1cccc(-c2noc(CN(C(=O)Cc3ccc(Cl)cc3)C(C)C)n2)c1. The second-order valence-corrected chi connectivity index (χ2v) is 7.24. The highest BCUT2D eigenvalue weighted by molar-refractivity contribution is 6.30. The summed E-state index contributed by atoms with van der Waals surface area (Å²) < 4.78 is 5.38. The standard InChI is InChI=1S/C21H22ClN3O2/c1-14(2)25(20(26)12-16-7-9-18(22)10-8-16)13-19-23-21(24-27-19)17-6-4-5-15(3)11-17/h4-11,14H,12-13H2,1-3H3. The van der Waals surface area contributed by atoms with Crippen LogP contribution in [0.3, 0.4) is 0 Å². The Hall–Kier alpha value is -2.66. The van der Waals surface area contributed by atoms with Gasteiger partial charge in [0.05, 0.1) is 6.42 Å². The molecule has 0 aliphatic rings. The molecule has 0 aliphatic carbocycles. The Bertz CT molecular complexity index is 919. The molecule has 0 spiro atoms. The second kappa shape index (κ2) is 8.35. The average Bonchev–Trinajstić information content (AvgIpc) is 3.10. The first-order valence-electron chi connectivity index (χ1n) is 8.86. The Labute approximate surface area is 164 Å². The zero-order valence-electron chi connectivity index (χ0n) is 15.6. The van der Waals surface area contributed by atoms with Crippen molar-refractivity contribution in [3.8, 4) is 11.4 Å². The van der Waals surface area contributed by atoms with E-state index in [4.69, 9.17) is 16.1 Å². The first kappa shape index (κ1) is 19.1. The van der Waals surface area contributed by atoms with Gasteiger partial charge >= 0.3 is 0 Å². The van der Waals surface area contributed by atoms with E-state index in [9.17, 15) is 4.79 Å². The van der Waals surface area contributed by atoms with Crippen molar-refractivity contribution >= 4 is 17.5 Å². The lowest BCUT2D eigenvalue weighted by atomic mass is 10.1. The minimum Gasteiger partial charge on any atom is -0.337 e. The molecule has 0 saturated carbocycles. The fourth-order valence-corrected chi connectivity index (χ4v) is 2.93. The van der Waals surface area contributed by atoms with E-state index in [1.54, 1.807) is 17.0 Å². The van der Waals surface area contributed by atoms with E-state index >= 15 is 0 Å². The van der Waals surface area contributed by atoms with Crippen molar-refractivity contribution in [1.29, 1.82) is 0 Å². The predicted octanol–water partition coefficient (Wildman–Crippen LogP) is 4.68. The van der Waals surface area contributed by atoms with Crippen LogP contribution < -0.4 is 0 Å². The fourth-order valence-electron chi connectivity index (χ4n) is 2.80. The summed E-state index contributed by atoms with van der Waals surface area (Å²) in [6.07, 6.45) is 0.300. The Morgan fingerprint density at radius 3 is 2.59 bits per heavy atom. The molecule has 1 amide bonds. The minimum atomic E-state index is 0.00243. The Kier molecular flexibility index (Phi) is 5.91. The molecule has 27 heavy (non-hydrogen) atoms. The molecule has 3 aromatic rings. The van der Waals surface area contributed by atoms with Gasteiger partial charge in [0.1, 0.15) is 6.54 Å². The largest absolute Gasteiger partial charge is 0.337 e. The summed E-state index contributed by atoms with van der Waals surface area (Å²) in [6.45, 7) is 6.23. The number of aryl methyl sites for hydroxylation is 1. The summed E-state index contributed by atoms with van der Waals surface area (Å²) in [6, 6.07) is 15.2. The van der Waals surface area contributed by atoms with Crippen LogP contribution in [0.5, 0.6) is 0 Å². The summed E-state index contributed by atoms with van der Waals surface area (Å²) in [7, 11) is 0. The van der Waals surface area contributed by atoms with Gasteiger partial charge in [-0.15, -0.1) is 0 Å². The van der Waals surface area contributed by atoms with Crippen LogP contribution in [0.15, 0.2) is 53.1 Å². The molecule has 1 aromatic heterocycles. The van der Waals surface area contributed by atoms with E-state index in [0.717, 1.165) is 16.7 Å². The molecule has 5 nitrogen and oxygen atoms in total. The second-order valence-electron chi connectivity index (χ2n) is 6.80. The average molecular weight is 384 g/mol. The molecule has 0 aliphatic heterocycles. The molecule has 140 valence electrons. The molecular weight excluding hydrogens is 362 g/mol. The lowest BCUT2D eigenvalue weighted by Gasteiger charge is -2.25. The van der Waals surface area contributed by atoms with Gasteiger partial charge in [0.25, 0.3) is 0 Å². The van der Waals surface area contributed by atoms with Gasteiger partial charge in [0, 0.05) is 16.6 Å². The van der Waals surface area contributed by atoms with Crippen LogP contribution in [0.2, 0.25) is 5.02 Å². The Balaban J connectivity index is 1.73. The van der Waals surface area contributed by atoms with Crippen LogP contribution in [0.1, 0.15) is 30.9 Å². The monoisotopic (exact) mass is 383 g/mol. The number of benzene rings is 2. The highest BCUT2D eigenvalue weighted by atomic mass is 35.5. The molecule has 0 atom stereocenters. The van der Waals surface area contributed by atoms with E-state index < -0.39 is 0 Å². The zero-order valence-corrected chi connectivity index (χ0v) is 16.4. The third-order valence-corrected chi connectivity index (χ3v) is 4.51. The van der Waals surface area contributed by atoms with E-state index in [-0.39, 0.29) is 18.5 Å². The van der Waals surface area contributed by atoms with Crippen molar-refractivity contribution in [2.75, 3.05) is 0 Å². The van der Waals surface area contributed by atoms with E-state index in [2.05, 4.69) is 10.1 Å². The van der Waals surface area contributed by atoms with Gasteiger partial charge in [-0.25, -0.2) is 0 Å². The first-order chi connectivity index (χ1) is 12.9. The molecular formula is C21H22ClN3O2. The van der Waals surface area contributed by atoms with Crippen molar-refractivity contribution in [3.05, 3.63) is 70.6 Å². The van der Waals surface area contributed by atoms with Crippen molar-refractivity contribution < 1.29 is 9.32 Å². The summed E-state index contributed by atoms with van der Waals surface area (Å²) in [5, 5.41) is 4.71. The van der Waals surface area contributed by atoms with Crippen LogP contribution in [0.25, 0.3) is 11.4 Å². The number of aromatic nitrogens is 2. The highest BCUT2D eigenvalue weighted by Gasteiger charge is 2.21. The molecule has 0 radical (unpaired) electrons. The maximum Gasteiger partial charge on any atom is 0.246 e. The Morgan fingerprint density at radius 2 is 1.93 bits per heavy atom. The first-order valence-corrected chi connectivity index (χ1v) is 9.23. The van der Waals surface area contributed by atoms with Crippen molar-refractivity contribution in [2.45, 2.75) is 39.8 Å². The van der Waals surface area contributed by atoms with Crippen molar-refractivity contribution in [3.63, 3.8) is 0 Å². The van der Waals surface area contributed by atoms with Crippen molar-refractivity contribution in [2.24, 2.45) is 0 Å². The summed E-state index contributed by atoms with van der Waals surface area (Å²) in [5.74, 6) is 0.954. The van der Waals surface area contributed by atoms with Crippen LogP contribution in [-0.2, 0) is 17.8 Å². The van der Waals surface area contributed by atoms with E-state index in [0.29, 0.717) is 23.2 Å². The molecule has 0 unspecified atom stereocenters. The fraction of sp³-hybridized carbons (Fsp3) is 0.286. The number of rotatable bonds is 6. The lowest BCUT2D eigenvalue weighted by molar-refractivity contribution is -0.133. The third-order valence-electron chi connectivity index (χ3n) is 4.26. The van der Waals surface area contributed by atoms with Crippen LogP contribution in [-0.4, -0.2) is 27.0 Å². The maximum atomic E-state index is 12.8. The Morgan fingerprint density at radius 1 is 1.19 bits per heavy atom. The summed E-state index contributed by atoms with van der Waals surface area (Å²) >= 11 is 5.91. The van der Waals surface area contributed by atoms with Gasteiger partial charge in [-0.1, -0.05) is 52.7 Å². The number of hydrogen-bond donors (Lipinski definition) is 0. The number of hydrogen-bond acceptors (Lipinski definition) is 4. The molecule has 0 fully saturated rings. The quantitative estimate of drug-likeness (QED) is 0.620. The van der Waals surface area contributed by atoms with Crippen molar-refractivity contribution in [1.82, 2.24) is 15.0 Å². The molecule has 6 heteroatoms. The molecule has 0 saturated heterocycles.